The van der Waals surface area contributed by atoms with Crippen LogP contribution in [0.1, 0.15) is 12.5 Å². The molecular formula is C10H11NO2. The minimum absolute atomic E-state index is 0.189. The molecular weight excluding hydrogens is 166 g/mol. The van der Waals surface area contributed by atoms with Crippen molar-refractivity contribution in [1.29, 1.82) is 0 Å². The van der Waals surface area contributed by atoms with Crippen molar-refractivity contribution in [3.8, 4) is 5.75 Å². The Hall–Kier alpha value is -1.51. The molecule has 0 fully saturated rings. The quantitative estimate of drug-likeness (QED) is 0.707. The van der Waals surface area contributed by atoms with Gasteiger partial charge in [-0.05, 0) is 19.1 Å². The first-order valence-electron chi connectivity index (χ1n) is 4.26. The SMILES string of the molecule is C[C@H]1COC(c2ccccc2O)=N1. The summed E-state index contributed by atoms with van der Waals surface area (Å²) in [5.74, 6) is 0.765. The van der Waals surface area contributed by atoms with E-state index in [1.807, 2.05) is 13.0 Å². The molecule has 1 aliphatic heterocycles. The average Bonchev–Trinajstić information content (AvgIpc) is 2.53. The molecule has 0 bridgehead atoms. The van der Waals surface area contributed by atoms with Crippen LogP contribution in [0.2, 0.25) is 0 Å². The Bertz CT molecular complexity index is 347. The van der Waals surface area contributed by atoms with E-state index in [1.54, 1.807) is 18.2 Å². The second kappa shape index (κ2) is 3.09. The summed E-state index contributed by atoms with van der Waals surface area (Å²) < 4.78 is 5.32. The predicted molar refractivity (Wildman–Crippen MR) is 50.1 cm³/mol. The van der Waals surface area contributed by atoms with E-state index in [1.165, 1.54) is 0 Å². The Labute approximate surface area is 76.7 Å². The number of nitrogens with zero attached hydrogens (tertiary/aromatic N) is 1. The van der Waals surface area contributed by atoms with Crippen LogP contribution in [0.25, 0.3) is 0 Å². The zero-order valence-electron chi connectivity index (χ0n) is 7.40. The smallest absolute Gasteiger partial charge is 0.220 e. The Morgan fingerprint density at radius 1 is 1.46 bits per heavy atom. The normalized spacial score (nSPS) is 21.0. The van der Waals surface area contributed by atoms with Crippen LogP contribution in [0.3, 0.4) is 0 Å². The molecule has 2 rings (SSSR count). The van der Waals surface area contributed by atoms with Crippen LogP contribution >= 0.6 is 0 Å². The molecule has 0 aliphatic carbocycles. The first kappa shape index (κ1) is 8.10. The molecule has 1 aromatic carbocycles. The molecule has 68 valence electrons. The lowest BCUT2D eigenvalue weighted by atomic mass is 10.2. The minimum atomic E-state index is 0.189. The lowest BCUT2D eigenvalue weighted by Crippen LogP contribution is -2.01. The lowest BCUT2D eigenvalue weighted by Gasteiger charge is -2.02. The zero-order valence-corrected chi connectivity index (χ0v) is 7.40. The van der Waals surface area contributed by atoms with Gasteiger partial charge in [0.2, 0.25) is 5.90 Å². The molecule has 1 N–H and O–H groups in total. The van der Waals surface area contributed by atoms with Crippen molar-refractivity contribution in [1.82, 2.24) is 0 Å². The van der Waals surface area contributed by atoms with Gasteiger partial charge in [0.15, 0.2) is 0 Å². The van der Waals surface area contributed by atoms with Crippen LogP contribution in [0.15, 0.2) is 29.3 Å². The van der Waals surface area contributed by atoms with Gasteiger partial charge >= 0.3 is 0 Å². The largest absolute Gasteiger partial charge is 0.507 e. The zero-order chi connectivity index (χ0) is 9.26. The van der Waals surface area contributed by atoms with E-state index >= 15 is 0 Å². The standard InChI is InChI=1S/C10H11NO2/c1-7-6-13-10(11-7)8-4-2-3-5-9(8)12/h2-5,7,12H,6H2,1H3/t7-/m0/s1. The van der Waals surface area contributed by atoms with Crippen LogP contribution in [0, 0.1) is 0 Å². The summed E-state index contributed by atoms with van der Waals surface area (Å²) in [6.07, 6.45) is 0. The second-order valence-electron chi connectivity index (χ2n) is 3.11. The number of rotatable bonds is 1. The Morgan fingerprint density at radius 3 is 2.85 bits per heavy atom. The number of ether oxygens (including phenoxy) is 1. The first-order valence-corrected chi connectivity index (χ1v) is 4.26. The Kier molecular flexibility index (Phi) is 1.93. The summed E-state index contributed by atoms with van der Waals surface area (Å²) >= 11 is 0. The fourth-order valence-electron chi connectivity index (χ4n) is 1.28. The molecule has 3 heteroatoms. The van der Waals surface area contributed by atoms with Gasteiger partial charge in [0, 0.05) is 0 Å². The van der Waals surface area contributed by atoms with Gasteiger partial charge in [0.1, 0.15) is 12.4 Å². The maximum absolute atomic E-state index is 9.50. The van der Waals surface area contributed by atoms with Gasteiger partial charge in [-0.3, -0.25) is 0 Å². The summed E-state index contributed by atoms with van der Waals surface area (Å²) in [6.45, 7) is 2.58. The third-order valence-corrected chi connectivity index (χ3v) is 1.93. The van der Waals surface area contributed by atoms with Gasteiger partial charge in [-0.25, -0.2) is 4.99 Å². The third kappa shape index (κ3) is 1.49. The number of aromatic hydroxyl groups is 1. The maximum atomic E-state index is 9.50. The predicted octanol–water partition coefficient (Wildman–Crippen LogP) is 1.56. The minimum Gasteiger partial charge on any atom is -0.507 e. The highest BCUT2D eigenvalue weighted by molar-refractivity contribution is 5.97. The topological polar surface area (TPSA) is 41.8 Å². The number of benzene rings is 1. The molecule has 0 unspecified atom stereocenters. The van der Waals surface area contributed by atoms with Gasteiger partial charge in [-0.15, -0.1) is 0 Å². The van der Waals surface area contributed by atoms with E-state index in [2.05, 4.69) is 4.99 Å². The highest BCUT2D eigenvalue weighted by Crippen LogP contribution is 2.20. The number of hydrogen-bond donors (Lipinski definition) is 1. The van der Waals surface area contributed by atoms with Crippen molar-refractivity contribution in [3.63, 3.8) is 0 Å². The maximum Gasteiger partial charge on any atom is 0.220 e. The monoisotopic (exact) mass is 177 g/mol. The summed E-state index contributed by atoms with van der Waals surface area (Å²) in [6, 6.07) is 7.24. The van der Waals surface area contributed by atoms with E-state index in [0.717, 1.165) is 0 Å². The van der Waals surface area contributed by atoms with Crippen molar-refractivity contribution in [2.24, 2.45) is 4.99 Å². The third-order valence-electron chi connectivity index (χ3n) is 1.93. The summed E-state index contributed by atoms with van der Waals surface area (Å²) in [7, 11) is 0. The molecule has 1 atom stereocenters. The second-order valence-corrected chi connectivity index (χ2v) is 3.11. The van der Waals surface area contributed by atoms with Gasteiger partial charge in [-0.2, -0.15) is 0 Å². The van der Waals surface area contributed by atoms with E-state index in [-0.39, 0.29) is 11.8 Å². The number of phenols is 1. The van der Waals surface area contributed by atoms with E-state index < -0.39 is 0 Å². The lowest BCUT2D eigenvalue weighted by molar-refractivity contribution is 0.322. The molecule has 0 saturated carbocycles. The molecule has 0 spiro atoms. The summed E-state index contributed by atoms with van der Waals surface area (Å²) in [5, 5.41) is 9.50. The van der Waals surface area contributed by atoms with E-state index in [0.29, 0.717) is 18.1 Å². The van der Waals surface area contributed by atoms with Crippen LogP contribution in [0.5, 0.6) is 5.75 Å². The molecule has 3 nitrogen and oxygen atoms in total. The van der Waals surface area contributed by atoms with Crippen LogP contribution < -0.4 is 0 Å². The van der Waals surface area contributed by atoms with Crippen LogP contribution in [-0.4, -0.2) is 23.7 Å². The van der Waals surface area contributed by atoms with Crippen molar-refractivity contribution >= 4 is 5.90 Å². The van der Waals surface area contributed by atoms with Crippen molar-refractivity contribution < 1.29 is 9.84 Å². The van der Waals surface area contributed by atoms with Crippen LogP contribution in [-0.2, 0) is 4.74 Å². The molecule has 1 aromatic rings. The van der Waals surface area contributed by atoms with E-state index in [4.69, 9.17) is 4.74 Å². The van der Waals surface area contributed by atoms with E-state index in [9.17, 15) is 5.11 Å². The number of aliphatic imine (C=N–C) groups is 1. The summed E-state index contributed by atoms with van der Waals surface area (Å²) in [4.78, 5) is 4.25. The fraction of sp³-hybridized carbons (Fsp3) is 0.300. The Balaban J connectivity index is 2.36. The molecule has 0 saturated heterocycles. The number of hydrogen-bond acceptors (Lipinski definition) is 3. The molecule has 0 radical (unpaired) electrons. The van der Waals surface area contributed by atoms with Crippen molar-refractivity contribution in [2.75, 3.05) is 6.61 Å². The van der Waals surface area contributed by atoms with Gasteiger partial charge in [0.25, 0.3) is 0 Å². The Morgan fingerprint density at radius 2 is 2.23 bits per heavy atom. The summed E-state index contributed by atoms with van der Waals surface area (Å²) in [5.41, 5.74) is 0.673. The fourth-order valence-corrected chi connectivity index (χ4v) is 1.28. The van der Waals surface area contributed by atoms with Crippen molar-refractivity contribution in [3.05, 3.63) is 29.8 Å². The van der Waals surface area contributed by atoms with Gasteiger partial charge < -0.3 is 9.84 Å². The molecule has 1 heterocycles. The van der Waals surface area contributed by atoms with Gasteiger partial charge in [0.05, 0.1) is 11.6 Å². The van der Waals surface area contributed by atoms with Crippen LogP contribution in [0.4, 0.5) is 0 Å². The number of phenolic OH excluding ortho intramolecular Hbond substituents is 1. The average molecular weight is 177 g/mol. The first-order chi connectivity index (χ1) is 6.27. The molecule has 13 heavy (non-hydrogen) atoms. The van der Waals surface area contributed by atoms with Gasteiger partial charge in [-0.1, -0.05) is 12.1 Å². The highest BCUT2D eigenvalue weighted by Gasteiger charge is 2.17. The number of para-hydroxylation sites is 1. The molecule has 0 amide bonds. The molecule has 0 aromatic heterocycles. The highest BCUT2D eigenvalue weighted by atomic mass is 16.5. The van der Waals surface area contributed by atoms with Crippen molar-refractivity contribution in [2.45, 2.75) is 13.0 Å². The molecule has 1 aliphatic rings.